The van der Waals surface area contributed by atoms with Gasteiger partial charge in [0.05, 0.1) is 26.3 Å². The topological polar surface area (TPSA) is 24.7 Å². The molecule has 1 heterocycles. The van der Waals surface area contributed by atoms with Crippen LogP contribution in [0.1, 0.15) is 41.9 Å². The lowest BCUT2D eigenvalue weighted by molar-refractivity contribution is -0.906. The third-order valence-corrected chi connectivity index (χ3v) is 4.27. The van der Waals surface area contributed by atoms with Crippen molar-refractivity contribution < 1.29 is 26.8 Å². The molecular weight excluding hydrogens is 277 g/mol. The highest BCUT2D eigenvalue weighted by Gasteiger charge is 2.24. The standard InChI is InChI=1S/C16H24FNO.ClH/c1-12-9-15(10-13(2)16(12)19)14-5-3-7-18(11-14)8-4-6-17;/h9-10,14,19H,3-8,11H2,1-2H3;1H. The maximum Gasteiger partial charge on any atom is 0.121 e. The van der Waals surface area contributed by atoms with E-state index in [0.717, 1.165) is 24.2 Å². The molecule has 2 unspecified atom stereocenters. The molecule has 114 valence electrons. The molecule has 1 aliphatic heterocycles. The molecule has 0 amide bonds. The largest absolute Gasteiger partial charge is 1.00 e. The van der Waals surface area contributed by atoms with Gasteiger partial charge < -0.3 is 22.4 Å². The molecule has 2 nitrogen and oxygen atoms in total. The van der Waals surface area contributed by atoms with Crippen LogP contribution in [-0.4, -0.2) is 31.4 Å². The molecule has 0 aromatic heterocycles. The number of hydrogen-bond donors (Lipinski definition) is 2. The third kappa shape index (κ3) is 4.10. The highest BCUT2D eigenvalue weighted by Crippen LogP contribution is 2.29. The summed E-state index contributed by atoms with van der Waals surface area (Å²) in [6.45, 7) is 6.94. The van der Waals surface area contributed by atoms with Crippen LogP contribution in [0.3, 0.4) is 0 Å². The highest BCUT2D eigenvalue weighted by atomic mass is 35.5. The van der Waals surface area contributed by atoms with Crippen molar-refractivity contribution in [1.29, 1.82) is 0 Å². The number of rotatable bonds is 4. The monoisotopic (exact) mass is 301 g/mol. The Bertz CT molecular complexity index is 415. The van der Waals surface area contributed by atoms with Gasteiger partial charge in [-0.1, -0.05) is 12.1 Å². The van der Waals surface area contributed by atoms with E-state index in [0.29, 0.717) is 18.1 Å². The minimum absolute atomic E-state index is 0. The summed E-state index contributed by atoms with van der Waals surface area (Å²) in [5.74, 6) is 0.975. The first-order valence-electron chi connectivity index (χ1n) is 7.31. The van der Waals surface area contributed by atoms with Crippen LogP contribution in [0.15, 0.2) is 12.1 Å². The van der Waals surface area contributed by atoms with E-state index in [2.05, 4.69) is 12.1 Å². The van der Waals surface area contributed by atoms with Gasteiger partial charge in [-0.05, 0) is 43.4 Å². The summed E-state index contributed by atoms with van der Waals surface area (Å²) < 4.78 is 12.3. The summed E-state index contributed by atoms with van der Waals surface area (Å²) in [6.07, 6.45) is 3.10. The quantitative estimate of drug-likeness (QED) is 0.743. The Balaban J connectivity index is 0.00000200. The second-order valence-corrected chi connectivity index (χ2v) is 5.84. The van der Waals surface area contributed by atoms with Gasteiger partial charge in [-0.2, -0.15) is 0 Å². The molecule has 0 aliphatic carbocycles. The van der Waals surface area contributed by atoms with Crippen LogP contribution in [0, 0.1) is 13.8 Å². The van der Waals surface area contributed by atoms with E-state index in [1.807, 2.05) is 13.8 Å². The first-order valence-corrected chi connectivity index (χ1v) is 7.31. The maximum absolute atomic E-state index is 12.3. The van der Waals surface area contributed by atoms with E-state index in [1.54, 1.807) is 0 Å². The number of nitrogens with one attached hydrogen (secondary N) is 1. The molecule has 4 heteroatoms. The molecule has 1 aliphatic rings. The van der Waals surface area contributed by atoms with E-state index in [-0.39, 0.29) is 19.1 Å². The van der Waals surface area contributed by atoms with Gasteiger partial charge in [-0.3, -0.25) is 4.39 Å². The molecule has 20 heavy (non-hydrogen) atoms. The van der Waals surface area contributed by atoms with Gasteiger partial charge in [0.2, 0.25) is 0 Å². The minimum Gasteiger partial charge on any atom is -1.00 e. The van der Waals surface area contributed by atoms with Crippen LogP contribution in [-0.2, 0) is 0 Å². The fraction of sp³-hybridized carbons (Fsp3) is 0.625. The zero-order valence-electron chi connectivity index (χ0n) is 12.4. The molecule has 1 aromatic carbocycles. The summed E-state index contributed by atoms with van der Waals surface area (Å²) in [4.78, 5) is 1.53. The molecule has 1 aromatic rings. The van der Waals surface area contributed by atoms with E-state index in [1.165, 1.54) is 29.8 Å². The van der Waals surface area contributed by atoms with Crippen molar-refractivity contribution in [1.82, 2.24) is 0 Å². The zero-order chi connectivity index (χ0) is 13.8. The molecule has 1 fully saturated rings. The van der Waals surface area contributed by atoms with Crippen molar-refractivity contribution in [2.75, 3.05) is 26.3 Å². The Labute approximate surface area is 127 Å². The van der Waals surface area contributed by atoms with Crippen molar-refractivity contribution in [2.45, 2.75) is 39.0 Å². The van der Waals surface area contributed by atoms with Gasteiger partial charge in [-0.25, -0.2) is 0 Å². The molecular formula is C16H25ClFNO. The number of halogens is 2. The normalized spacial score (nSPS) is 22.4. The number of likely N-dealkylation sites (tertiary alicyclic amines) is 1. The summed E-state index contributed by atoms with van der Waals surface area (Å²) in [5.41, 5.74) is 3.27. The van der Waals surface area contributed by atoms with Crippen molar-refractivity contribution in [3.63, 3.8) is 0 Å². The highest BCUT2D eigenvalue weighted by molar-refractivity contribution is 5.43. The van der Waals surface area contributed by atoms with Crippen LogP contribution in [0.5, 0.6) is 5.75 Å². The van der Waals surface area contributed by atoms with Crippen molar-refractivity contribution in [3.8, 4) is 5.75 Å². The molecule has 0 spiro atoms. The molecule has 2 N–H and O–H groups in total. The van der Waals surface area contributed by atoms with Crippen LogP contribution in [0.4, 0.5) is 4.39 Å². The predicted octanol–water partition coefficient (Wildman–Crippen LogP) is -0.865. The first-order chi connectivity index (χ1) is 9.11. The Hall–Kier alpha value is -0.800. The van der Waals surface area contributed by atoms with Gasteiger partial charge >= 0.3 is 0 Å². The number of alkyl halides is 1. The van der Waals surface area contributed by atoms with Crippen LogP contribution in [0.2, 0.25) is 0 Å². The number of aromatic hydroxyl groups is 1. The fourth-order valence-corrected chi connectivity index (χ4v) is 3.20. The lowest BCUT2D eigenvalue weighted by Gasteiger charge is -2.30. The molecule has 0 bridgehead atoms. The number of phenols is 1. The van der Waals surface area contributed by atoms with E-state index < -0.39 is 0 Å². The summed E-state index contributed by atoms with van der Waals surface area (Å²) in [5, 5.41) is 9.85. The van der Waals surface area contributed by atoms with Gasteiger partial charge in [-0.15, -0.1) is 0 Å². The Morgan fingerprint density at radius 3 is 2.55 bits per heavy atom. The average Bonchev–Trinajstić information content (AvgIpc) is 2.42. The molecule has 1 saturated heterocycles. The van der Waals surface area contributed by atoms with Crippen LogP contribution >= 0.6 is 0 Å². The lowest BCUT2D eigenvalue weighted by Crippen LogP contribution is -3.13. The van der Waals surface area contributed by atoms with E-state index >= 15 is 0 Å². The number of quaternary nitrogens is 1. The number of aryl methyl sites for hydroxylation is 2. The summed E-state index contributed by atoms with van der Waals surface area (Å²) in [6, 6.07) is 4.23. The summed E-state index contributed by atoms with van der Waals surface area (Å²) in [7, 11) is 0. The molecule has 2 atom stereocenters. The number of benzene rings is 1. The smallest absolute Gasteiger partial charge is 0.121 e. The SMILES string of the molecule is Cc1cc(C2CCC[NH+](CCCF)C2)cc(C)c1O.[Cl-]. The third-order valence-electron chi connectivity index (χ3n) is 4.27. The van der Waals surface area contributed by atoms with Crippen LogP contribution < -0.4 is 17.3 Å². The molecule has 0 radical (unpaired) electrons. The van der Waals surface area contributed by atoms with Gasteiger partial charge in [0.25, 0.3) is 0 Å². The van der Waals surface area contributed by atoms with Crippen molar-refractivity contribution in [2.24, 2.45) is 0 Å². The second-order valence-electron chi connectivity index (χ2n) is 5.84. The number of hydrogen-bond acceptors (Lipinski definition) is 1. The van der Waals surface area contributed by atoms with Crippen LogP contribution in [0.25, 0.3) is 0 Å². The maximum atomic E-state index is 12.3. The first kappa shape index (κ1) is 17.3. The van der Waals surface area contributed by atoms with Gasteiger partial charge in [0, 0.05) is 12.3 Å². The second kappa shape index (κ2) is 7.84. The lowest BCUT2D eigenvalue weighted by atomic mass is 9.88. The minimum atomic E-state index is -0.203. The van der Waals surface area contributed by atoms with Crippen molar-refractivity contribution >= 4 is 0 Å². The Morgan fingerprint density at radius 1 is 1.30 bits per heavy atom. The number of piperidine rings is 1. The predicted molar refractivity (Wildman–Crippen MR) is 75.7 cm³/mol. The van der Waals surface area contributed by atoms with Gasteiger partial charge in [0.1, 0.15) is 5.75 Å². The molecule has 0 saturated carbocycles. The molecule has 2 rings (SSSR count). The zero-order valence-corrected chi connectivity index (χ0v) is 13.1. The van der Waals surface area contributed by atoms with E-state index in [4.69, 9.17) is 0 Å². The average molecular weight is 302 g/mol. The van der Waals surface area contributed by atoms with E-state index in [9.17, 15) is 9.50 Å². The summed E-state index contributed by atoms with van der Waals surface area (Å²) >= 11 is 0. The Morgan fingerprint density at radius 2 is 1.95 bits per heavy atom. The number of phenolic OH excluding ortho intramolecular Hbond substituents is 1. The van der Waals surface area contributed by atoms with Crippen molar-refractivity contribution in [3.05, 3.63) is 28.8 Å². The fourth-order valence-electron chi connectivity index (χ4n) is 3.20. The Kier molecular flexibility index (Phi) is 6.77. The van der Waals surface area contributed by atoms with Gasteiger partial charge in [0.15, 0.2) is 0 Å².